The number of benzene rings is 2. The molecule has 0 saturated carbocycles. The highest BCUT2D eigenvalue weighted by atomic mass is 79.9. The van der Waals surface area contributed by atoms with Crippen LogP contribution in [0.4, 0.5) is 8.78 Å². The molecule has 0 aromatic heterocycles. The molecule has 0 bridgehead atoms. The number of carboxylic acid groups (broad SMARTS) is 1. The number of hydrogen-bond donors (Lipinski definition) is 1. The van der Waals surface area contributed by atoms with Crippen LogP contribution in [-0.4, -0.2) is 11.1 Å². The molecule has 0 atom stereocenters. The highest BCUT2D eigenvalue weighted by Gasteiger charge is 2.09. The van der Waals surface area contributed by atoms with Crippen LogP contribution in [0.3, 0.4) is 0 Å². The third kappa shape index (κ3) is 3.08. The zero-order chi connectivity index (χ0) is 14.0. The van der Waals surface area contributed by atoms with E-state index >= 15 is 0 Å². The van der Waals surface area contributed by atoms with Gasteiger partial charge >= 0.3 is 5.97 Å². The molecule has 0 radical (unpaired) electrons. The van der Waals surface area contributed by atoms with Crippen molar-refractivity contribution in [2.45, 2.75) is 0 Å². The Morgan fingerprint density at radius 2 is 1.84 bits per heavy atom. The number of rotatable bonds is 3. The molecule has 0 aliphatic carbocycles. The van der Waals surface area contributed by atoms with Crippen LogP contribution in [0, 0.1) is 11.6 Å². The van der Waals surface area contributed by atoms with Crippen LogP contribution in [0.25, 0.3) is 0 Å². The van der Waals surface area contributed by atoms with Gasteiger partial charge in [0, 0.05) is 6.07 Å². The molecule has 6 heteroatoms. The van der Waals surface area contributed by atoms with E-state index in [0.29, 0.717) is 10.2 Å². The van der Waals surface area contributed by atoms with Gasteiger partial charge in [0.25, 0.3) is 0 Å². The lowest BCUT2D eigenvalue weighted by Gasteiger charge is -2.08. The highest BCUT2D eigenvalue weighted by molar-refractivity contribution is 9.10. The van der Waals surface area contributed by atoms with E-state index in [1.54, 1.807) is 0 Å². The molecule has 0 amide bonds. The second-order valence-electron chi connectivity index (χ2n) is 3.63. The molecule has 2 rings (SSSR count). The van der Waals surface area contributed by atoms with Crippen LogP contribution >= 0.6 is 15.9 Å². The van der Waals surface area contributed by atoms with Gasteiger partial charge in [0.05, 0.1) is 10.0 Å². The van der Waals surface area contributed by atoms with Crippen molar-refractivity contribution < 1.29 is 23.4 Å². The molecule has 98 valence electrons. The van der Waals surface area contributed by atoms with Gasteiger partial charge in [0.2, 0.25) is 0 Å². The Labute approximate surface area is 115 Å². The van der Waals surface area contributed by atoms with Gasteiger partial charge in [-0.15, -0.1) is 0 Å². The van der Waals surface area contributed by atoms with E-state index in [1.165, 1.54) is 24.3 Å². The Morgan fingerprint density at radius 3 is 2.42 bits per heavy atom. The molecule has 1 N–H and O–H groups in total. The number of carbonyl (C=O) groups is 1. The maximum atomic E-state index is 13.0. The second-order valence-corrected chi connectivity index (χ2v) is 4.48. The Balaban J connectivity index is 2.28. The third-order valence-corrected chi connectivity index (χ3v) is 2.92. The van der Waals surface area contributed by atoms with Crippen molar-refractivity contribution in [1.82, 2.24) is 0 Å². The summed E-state index contributed by atoms with van der Waals surface area (Å²) in [7, 11) is 0. The van der Waals surface area contributed by atoms with Crippen molar-refractivity contribution in [2.75, 3.05) is 0 Å². The number of halogens is 3. The molecule has 0 aliphatic rings. The van der Waals surface area contributed by atoms with E-state index in [1.807, 2.05) is 0 Å². The summed E-state index contributed by atoms with van der Waals surface area (Å²) in [6, 6.07) is 7.27. The van der Waals surface area contributed by atoms with Crippen LogP contribution in [0.15, 0.2) is 40.9 Å². The Bertz CT molecular complexity index is 644. The van der Waals surface area contributed by atoms with Gasteiger partial charge in [-0.25, -0.2) is 13.6 Å². The van der Waals surface area contributed by atoms with Crippen LogP contribution in [-0.2, 0) is 0 Å². The summed E-state index contributed by atoms with van der Waals surface area (Å²) >= 11 is 3.15. The summed E-state index contributed by atoms with van der Waals surface area (Å²) < 4.78 is 31.5. The summed E-state index contributed by atoms with van der Waals surface area (Å²) in [4.78, 5) is 10.8. The summed E-state index contributed by atoms with van der Waals surface area (Å²) in [5.74, 6) is -2.64. The fraction of sp³-hybridized carbons (Fsp3) is 0. The maximum Gasteiger partial charge on any atom is 0.335 e. The van der Waals surface area contributed by atoms with Gasteiger partial charge in [-0.1, -0.05) is 0 Å². The largest absolute Gasteiger partial charge is 0.478 e. The van der Waals surface area contributed by atoms with Crippen molar-refractivity contribution in [3.8, 4) is 11.5 Å². The lowest BCUT2D eigenvalue weighted by Crippen LogP contribution is -1.96. The standard InChI is InChI=1S/C13H7BrF2O3/c14-9-5-7(13(17)18)1-4-12(9)19-8-2-3-10(15)11(16)6-8/h1-6H,(H,17,18). The molecular weight excluding hydrogens is 322 g/mol. The van der Waals surface area contributed by atoms with Crippen molar-refractivity contribution in [2.24, 2.45) is 0 Å². The molecule has 2 aromatic rings. The number of aromatic carboxylic acids is 1. The number of ether oxygens (including phenoxy) is 1. The molecule has 0 unspecified atom stereocenters. The molecule has 0 spiro atoms. The highest BCUT2D eigenvalue weighted by Crippen LogP contribution is 2.31. The second kappa shape index (κ2) is 5.36. The van der Waals surface area contributed by atoms with Crippen LogP contribution in [0.5, 0.6) is 11.5 Å². The zero-order valence-electron chi connectivity index (χ0n) is 9.36. The van der Waals surface area contributed by atoms with E-state index in [4.69, 9.17) is 9.84 Å². The third-order valence-electron chi connectivity index (χ3n) is 2.30. The molecule has 0 saturated heterocycles. The summed E-state index contributed by atoms with van der Waals surface area (Å²) in [6.45, 7) is 0. The normalized spacial score (nSPS) is 10.3. The molecule has 2 aromatic carbocycles. The predicted octanol–water partition coefficient (Wildman–Crippen LogP) is 4.22. The molecule has 19 heavy (non-hydrogen) atoms. The van der Waals surface area contributed by atoms with Gasteiger partial charge < -0.3 is 9.84 Å². The fourth-order valence-corrected chi connectivity index (χ4v) is 1.84. The van der Waals surface area contributed by atoms with E-state index in [-0.39, 0.29) is 11.3 Å². The summed E-state index contributed by atoms with van der Waals surface area (Å²) in [5, 5.41) is 8.80. The van der Waals surface area contributed by atoms with Crippen molar-refractivity contribution in [1.29, 1.82) is 0 Å². The average molecular weight is 329 g/mol. The van der Waals surface area contributed by atoms with E-state index in [2.05, 4.69) is 15.9 Å². The molecule has 0 fully saturated rings. The van der Waals surface area contributed by atoms with Crippen LogP contribution in [0.1, 0.15) is 10.4 Å². The van der Waals surface area contributed by atoms with Crippen molar-refractivity contribution in [3.63, 3.8) is 0 Å². The number of hydrogen-bond acceptors (Lipinski definition) is 2. The van der Waals surface area contributed by atoms with E-state index < -0.39 is 17.6 Å². The molecular formula is C13H7BrF2O3. The average Bonchev–Trinajstić information content (AvgIpc) is 2.36. The van der Waals surface area contributed by atoms with Gasteiger partial charge in [0.1, 0.15) is 11.5 Å². The minimum Gasteiger partial charge on any atom is -0.478 e. The lowest BCUT2D eigenvalue weighted by atomic mass is 10.2. The predicted molar refractivity (Wildman–Crippen MR) is 67.5 cm³/mol. The summed E-state index contributed by atoms with van der Waals surface area (Å²) in [6.07, 6.45) is 0. The quantitative estimate of drug-likeness (QED) is 0.917. The lowest BCUT2D eigenvalue weighted by molar-refractivity contribution is 0.0697. The maximum absolute atomic E-state index is 13.0. The van der Waals surface area contributed by atoms with Gasteiger partial charge in [-0.3, -0.25) is 0 Å². The van der Waals surface area contributed by atoms with Gasteiger partial charge in [-0.05, 0) is 46.3 Å². The zero-order valence-corrected chi connectivity index (χ0v) is 10.9. The number of carboxylic acids is 1. The summed E-state index contributed by atoms with van der Waals surface area (Å²) in [5.41, 5.74) is 0.0875. The Kier molecular flexibility index (Phi) is 3.80. The topological polar surface area (TPSA) is 46.5 Å². The van der Waals surface area contributed by atoms with Gasteiger partial charge in [0.15, 0.2) is 11.6 Å². The van der Waals surface area contributed by atoms with Crippen molar-refractivity contribution in [3.05, 3.63) is 58.1 Å². The minimum atomic E-state index is -1.07. The smallest absolute Gasteiger partial charge is 0.335 e. The minimum absolute atomic E-state index is 0.0875. The first-order valence-corrected chi connectivity index (χ1v) is 5.92. The SMILES string of the molecule is O=C(O)c1ccc(Oc2ccc(F)c(F)c2)c(Br)c1. The molecule has 0 heterocycles. The van der Waals surface area contributed by atoms with Crippen LogP contribution in [0.2, 0.25) is 0 Å². The first kappa shape index (κ1) is 13.5. The van der Waals surface area contributed by atoms with Crippen molar-refractivity contribution >= 4 is 21.9 Å². The monoisotopic (exact) mass is 328 g/mol. The van der Waals surface area contributed by atoms with Gasteiger partial charge in [-0.2, -0.15) is 0 Å². The van der Waals surface area contributed by atoms with E-state index in [0.717, 1.165) is 12.1 Å². The Morgan fingerprint density at radius 1 is 1.11 bits per heavy atom. The molecule has 0 aliphatic heterocycles. The first-order chi connectivity index (χ1) is 8.97. The first-order valence-electron chi connectivity index (χ1n) is 5.13. The molecule has 3 nitrogen and oxygen atoms in total. The fourth-order valence-electron chi connectivity index (χ4n) is 1.38. The Hall–Kier alpha value is -1.95. The van der Waals surface area contributed by atoms with E-state index in [9.17, 15) is 13.6 Å². The van der Waals surface area contributed by atoms with Crippen LogP contribution < -0.4 is 4.74 Å².